The van der Waals surface area contributed by atoms with E-state index in [0.717, 1.165) is 0 Å². The third kappa shape index (κ3) is 4.56. The van der Waals surface area contributed by atoms with E-state index in [2.05, 4.69) is 10.1 Å². The number of amides is 1. The summed E-state index contributed by atoms with van der Waals surface area (Å²) in [5.74, 6) is -1.71. The fraction of sp³-hybridized carbons (Fsp3) is 0.500. The summed E-state index contributed by atoms with van der Waals surface area (Å²) in [5.41, 5.74) is 0.173. The number of hydrogen-bond acceptors (Lipinski definition) is 4. The molecule has 0 atom stereocenters. The number of carboxylic acids is 1. The zero-order valence-electron chi connectivity index (χ0n) is 13.1. The molecule has 1 aromatic rings. The normalized spacial score (nSPS) is 20.5. The van der Waals surface area contributed by atoms with Gasteiger partial charge < -0.3 is 19.9 Å². The Morgan fingerprint density at radius 3 is 2.42 bits per heavy atom. The van der Waals surface area contributed by atoms with E-state index in [1.54, 1.807) is 0 Å². The van der Waals surface area contributed by atoms with Crippen LogP contribution in [-0.4, -0.2) is 36.7 Å². The van der Waals surface area contributed by atoms with E-state index >= 15 is 0 Å². The number of carbonyl (C=O) groups excluding carboxylic acids is 1. The Bertz CT molecular complexity index is 600. The number of carboxylic acid groups (broad SMARTS) is 1. The van der Waals surface area contributed by atoms with Gasteiger partial charge in [0.15, 0.2) is 11.5 Å². The van der Waals surface area contributed by atoms with Gasteiger partial charge in [0.05, 0.1) is 13.0 Å². The molecule has 0 radical (unpaired) electrons. The Kier molecular flexibility index (Phi) is 5.94. The van der Waals surface area contributed by atoms with Gasteiger partial charge in [-0.2, -0.15) is 8.78 Å². The van der Waals surface area contributed by atoms with Crippen LogP contribution in [0.15, 0.2) is 18.2 Å². The van der Waals surface area contributed by atoms with Crippen LogP contribution in [-0.2, 0) is 4.79 Å². The molecule has 0 aliphatic heterocycles. The molecule has 0 bridgehead atoms. The molecule has 132 valence electrons. The van der Waals surface area contributed by atoms with Gasteiger partial charge in [-0.1, -0.05) is 0 Å². The van der Waals surface area contributed by atoms with Crippen LogP contribution >= 0.6 is 0 Å². The first-order chi connectivity index (χ1) is 11.4. The van der Waals surface area contributed by atoms with Gasteiger partial charge in [-0.3, -0.25) is 9.59 Å². The van der Waals surface area contributed by atoms with Crippen LogP contribution in [0.5, 0.6) is 11.5 Å². The second kappa shape index (κ2) is 7.94. The summed E-state index contributed by atoms with van der Waals surface area (Å²) < 4.78 is 34.1. The van der Waals surface area contributed by atoms with Gasteiger partial charge in [-0.05, 0) is 43.9 Å². The van der Waals surface area contributed by atoms with Gasteiger partial charge in [0, 0.05) is 11.6 Å². The van der Waals surface area contributed by atoms with Crippen LogP contribution in [0.4, 0.5) is 8.78 Å². The second-order valence-electron chi connectivity index (χ2n) is 5.60. The maximum Gasteiger partial charge on any atom is 0.387 e. The average molecular weight is 343 g/mol. The minimum absolute atomic E-state index is 0.105. The number of rotatable bonds is 6. The number of hydrogen-bond donors (Lipinski definition) is 2. The Balaban J connectivity index is 2.01. The Morgan fingerprint density at radius 1 is 1.21 bits per heavy atom. The van der Waals surface area contributed by atoms with E-state index in [4.69, 9.17) is 9.84 Å². The highest BCUT2D eigenvalue weighted by molar-refractivity contribution is 5.95. The zero-order chi connectivity index (χ0) is 17.7. The van der Waals surface area contributed by atoms with Crippen molar-refractivity contribution in [1.29, 1.82) is 0 Å². The quantitative estimate of drug-likeness (QED) is 0.829. The number of carbonyl (C=O) groups is 2. The molecule has 1 aromatic carbocycles. The molecule has 1 amide bonds. The van der Waals surface area contributed by atoms with Crippen molar-refractivity contribution in [3.63, 3.8) is 0 Å². The molecule has 1 saturated carbocycles. The highest BCUT2D eigenvalue weighted by Gasteiger charge is 2.27. The fourth-order valence-electron chi connectivity index (χ4n) is 2.76. The van der Waals surface area contributed by atoms with Crippen molar-refractivity contribution in [2.45, 2.75) is 38.3 Å². The third-order valence-corrected chi connectivity index (χ3v) is 4.05. The summed E-state index contributed by atoms with van der Waals surface area (Å²) in [5, 5.41) is 11.8. The number of benzene rings is 1. The van der Waals surface area contributed by atoms with E-state index in [0.29, 0.717) is 25.7 Å². The lowest BCUT2D eigenvalue weighted by Crippen LogP contribution is -2.38. The van der Waals surface area contributed by atoms with Crippen LogP contribution in [0, 0.1) is 5.92 Å². The lowest BCUT2D eigenvalue weighted by molar-refractivity contribution is -0.142. The van der Waals surface area contributed by atoms with Crippen LogP contribution in [0.1, 0.15) is 36.0 Å². The first-order valence-corrected chi connectivity index (χ1v) is 7.57. The zero-order valence-corrected chi connectivity index (χ0v) is 13.1. The SMILES string of the molecule is COc1ccc(C(=O)NC2CCC(C(=O)O)CC2)cc1OC(F)F. The summed E-state index contributed by atoms with van der Waals surface area (Å²) in [6.07, 6.45) is 2.14. The standard InChI is InChI=1S/C16H19F2NO5/c1-23-12-7-4-10(8-13(12)24-16(17)18)14(20)19-11-5-2-9(3-6-11)15(21)22/h4,7-9,11,16H,2-3,5-6H2,1H3,(H,19,20)(H,21,22). The predicted octanol–water partition coefficient (Wildman–Crippen LogP) is 2.67. The average Bonchev–Trinajstić information content (AvgIpc) is 2.54. The van der Waals surface area contributed by atoms with Gasteiger partial charge in [-0.15, -0.1) is 0 Å². The summed E-state index contributed by atoms with van der Waals surface area (Å²) in [6.45, 7) is -3.02. The van der Waals surface area contributed by atoms with E-state index in [1.165, 1.54) is 25.3 Å². The molecule has 1 aliphatic rings. The fourth-order valence-corrected chi connectivity index (χ4v) is 2.76. The van der Waals surface area contributed by atoms with Crippen molar-refractivity contribution in [1.82, 2.24) is 5.32 Å². The second-order valence-corrected chi connectivity index (χ2v) is 5.60. The van der Waals surface area contributed by atoms with Gasteiger partial charge in [0.25, 0.3) is 5.91 Å². The third-order valence-electron chi connectivity index (χ3n) is 4.05. The first kappa shape index (κ1) is 18.0. The van der Waals surface area contributed by atoms with Gasteiger partial charge in [0.1, 0.15) is 0 Å². The number of ether oxygens (including phenoxy) is 2. The smallest absolute Gasteiger partial charge is 0.387 e. The number of nitrogens with one attached hydrogen (secondary N) is 1. The largest absolute Gasteiger partial charge is 0.493 e. The van der Waals surface area contributed by atoms with Gasteiger partial charge in [-0.25, -0.2) is 0 Å². The maximum absolute atomic E-state index is 12.4. The Labute approximate surface area is 137 Å². The molecular weight excluding hydrogens is 324 g/mol. The molecule has 0 unspecified atom stereocenters. The van der Waals surface area contributed by atoms with E-state index < -0.39 is 18.5 Å². The molecule has 24 heavy (non-hydrogen) atoms. The summed E-state index contributed by atoms with van der Waals surface area (Å²) >= 11 is 0. The summed E-state index contributed by atoms with van der Waals surface area (Å²) in [6, 6.07) is 3.90. The minimum Gasteiger partial charge on any atom is -0.493 e. The molecule has 0 heterocycles. The highest BCUT2D eigenvalue weighted by atomic mass is 19.3. The molecule has 0 aromatic heterocycles. The molecule has 2 N–H and O–H groups in total. The van der Waals surface area contributed by atoms with E-state index in [9.17, 15) is 18.4 Å². The molecule has 1 aliphatic carbocycles. The van der Waals surface area contributed by atoms with Crippen molar-refractivity contribution in [2.75, 3.05) is 7.11 Å². The molecule has 8 heteroatoms. The van der Waals surface area contributed by atoms with Crippen molar-refractivity contribution in [3.05, 3.63) is 23.8 Å². The number of alkyl halides is 2. The molecular formula is C16H19F2NO5. The van der Waals surface area contributed by atoms with Crippen molar-refractivity contribution < 1.29 is 33.0 Å². The van der Waals surface area contributed by atoms with Gasteiger partial charge >= 0.3 is 12.6 Å². The number of aliphatic carboxylic acids is 1. The lowest BCUT2D eigenvalue weighted by atomic mass is 9.86. The molecule has 6 nitrogen and oxygen atoms in total. The summed E-state index contributed by atoms with van der Waals surface area (Å²) in [4.78, 5) is 23.2. The van der Waals surface area contributed by atoms with Crippen LogP contribution in [0.3, 0.4) is 0 Å². The summed E-state index contributed by atoms with van der Waals surface area (Å²) in [7, 11) is 1.31. The first-order valence-electron chi connectivity index (χ1n) is 7.57. The number of methoxy groups -OCH3 is 1. The molecule has 1 fully saturated rings. The van der Waals surface area contributed by atoms with E-state index in [-0.39, 0.29) is 29.0 Å². The predicted molar refractivity (Wildman–Crippen MR) is 80.5 cm³/mol. The topological polar surface area (TPSA) is 84.9 Å². The maximum atomic E-state index is 12.4. The minimum atomic E-state index is -3.02. The monoisotopic (exact) mass is 343 g/mol. The Morgan fingerprint density at radius 2 is 1.88 bits per heavy atom. The molecule has 2 rings (SSSR count). The van der Waals surface area contributed by atoms with E-state index in [1.807, 2.05) is 0 Å². The lowest BCUT2D eigenvalue weighted by Gasteiger charge is -2.26. The highest BCUT2D eigenvalue weighted by Crippen LogP contribution is 2.30. The van der Waals surface area contributed by atoms with Crippen LogP contribution in [0.2, 0.25) is 0 Å². The van der Waals surface area contributed by atoms with Crippen molar-refractivity contribution >= 4 is 11.9 Å². The van der Waals surface area contributed by atoms with Gasteiger partial charge in [0.2, 0.25) is 0 Å². The van der Waals surface area contributed by atoms with Crippen molar-refractivity contribution in [3.8, 4) is 11.5 Å². The van der Waals surface area contributed by atoms with Crippen molar-refractivity contribution in [2.24, 2.45) is 5.92 Å². The molecule has 0 saturated heterocycles. The molecule has 0 spiro atoms. The van der Waals surface area contributed by atoms with Crippen LogP contribution in [0.25, 0.3) is 0 Å². The van der Waals surface area contributed by atoms with Crippen LogP contribution < -0.4 is 14.8 Å². The Hall–Kier alpha value is -2.38. The number of halogens is 2.